The van der Waals surface area contributed by atoms with Crippen LogP contribution < -0.4 is 10.6 Å². The maximum absolute atomic E-state index is 12.2. The standard InChI is InChI=1S/C16H14N2O3.Fe/c1-21-16(20)11-7-8-12-13(9-11)18-15(19)14(17-12)10-5-3-2-4-6-10;/h2-9,14,17H,1H3,(H,18,19);. The molecule has 0 fully saturated rings. The van der Waals surface area contributed by atoms with Gasteiger partial charge in [0.05, 0.1) is 24.0 Å². The van der Waals surface area contributed by atoms with Gasteiger partial charge in [-0.25, -0.2) is 4.79 Å². The number of anilines is 2. The summed E-state index contributed by atoms with van der Waals surface area (Å²) >= 11 is 0. The molecule has 0 saturated carbocycles. The van der Waals surface area contributed by atoms with Gasteiger partial charge in [0.2, 0.25) is 0 Å². The first-order chi connectivity index (χ1) is 10.2. The van der Waals surface area contributed by atoms with Crippen molar-refractivity contribution in [2.24, 2.45) is 0 Å². The number of rotatable bonds is 2. The number of carbonyl (C=O) groups is 2. The topological polar surface area (TPSA) is 67.4 Å². The summed E-state index contributed by atoms with van der Waals surface area (Å²) in [5.41, 5.74) is 2.64. The summed E-state index contributed by atoms with van der Waals surface area (Å²) in [5, 5.41) is 6.00. The number of benzene rings is 2. The molecular weight excluding hydrogens is 324 g/mol. The van der Waals surface area contributed by atoms with Gasteiger partial charge in [0.25, 0.3) is 5.91 Å². The molecule has 0 bridgehead atoms. The third-order valence-electron chi connectivity index (χ3n) is 3.39. The molecule has 2 N–H and O–H groups in total. The minimum Gasteiger partial charge on any atom is -0.465 e. The number of ether oxygens (including phenoxy) is 1. The maximum atomic E-state index is 12.2. The molecule has 0 radical (unpaired) electrons. The molecule has 22 heavy (non-hydrogen) atoms. The molecule has 5 nitrogen and oxygen atoms in total. The molecule has 6 heteroatoms. The summed E-state index contributed by atoms with van der Waals surface area (Å²) in [6.07, 6.45) is 0. The molecule has 2 aromatic carbocycles. The Morgan fingerprint density at radius 2 is 1.82 bits per heavy atom. The van der Waals surface area contributed by atoms with Crippen LogP contribution in [0.5, 0.6) is 0 Å². The van der Waals surface area contributed by atoms with E-state index >= 15 is 0 Å². The van der Waals surface area contributed by atoms with Crippen LogP contribution in [0.15, 0.2) is 48.5 Å². The summed E-state index contributed by atoms with van der Waals surface area (Å²) in [6.45, 7) is 0. The van der Waals surface area contributed by atoms with E-state index in [0.29, 0.717) is 11.3 Å². The summed E-state index contributed by atoms with van der Waals surface area (Å²) in [5.74, 6) is -0.590. The van der Waals surface area contributed by atoms with Crippen LogP contribution in [-0.2, 0) is 26.6 Å². The van der Waals surface area contributed by atoms with Gasteiger partial charge in [-0.2, -0.15) is 0 Å². The van der Waals surface area contributed by atoms with Crippen LogP contribution in [0.25, 0.3) is 0 Å². The Morgan fingerprint density at radius 3 is 2.50 bits per heavy atom. The SMILES string of the molecule is COC(=O)c1ccc2c(c1)NC(=O)C(c1ccccc1)N2.[Fe]. The minimum atomic E-state index is -0.442. The van der Waals surface area contributed by atoms with Crippen molar-refractivity contribution in [1.29, 1.82) is 0 Å². The molecule has 1 aliphatic rings. The Balaban J connectivity index is 0.00000176. The first-order valence-electron chi connectivity index (χ1n) is 6.54. The van der Waals surface area contributed by atoms with E-state index in [9.17, 15) is 9.59 Å². The average Bonchev–Trinajstić information content (AvgIpc) is 2.53. The van der Waals surface area contributed by atoms with Gasteiger partial charge in [0, 0.05) is 17.1 Å². The molecule has 0 saturated heterocycles. The van der Waals surface area contributed by atoms with E-state index in [0.717, 1.165) is 11.3 Å². The Hall–Kier alpha value is -2.30. The quantitative estimate of drug-likeness (QED) is 0.652. The predicted molar refractivity (Wildman–Crippen MR) is 79.2 cm³/mol. The third kappa shape index (κ3) is 2.98. The second-order valence-electron chi connectivity index (χ2n) is 4.73. The second-order valence-corrected chi connectivity index (χ2v) is 4.73. The molecule has 0 spiro atoms. The van der Waals surface area contributed by atoms with Crippen molar-refractivity contribution in [2.45, 2.75) is 6.04 Å². The van der Waals surface area contributed by atoms with Gasteiger partial charge in [-0.05, 0) is 23.8 Å². The van der Waals surface area contributed by atoms with Gasteiger partial charge in [0.1, 0.15) is 6.04 Å². The fourth-order valence-electron chi connectivity index (χ4n) is 2.32. The van der Waals surface area contributed by atoms with Crippen LogP contribution in [0.1, 0.15) is 22.0 Å². The summed E-state index contributed by atoms with van der Waals surface area (Å²) < 4.78 is 4.67. The largest absolute Gasteiger partial charge is 0.465 e. The van der Waals surface area contributed by atoms with Gasteiger partial charge in [0.15, 0.2) is 0 Å². The Bertz CT molecular complexity index is 704. The molecule has 2 aromatic rings. The first kappa shape index (κ1) is 16.1. The van der Waals surface area contributed by atoms with Crippen molar-refractivity contribution in [3.05, 3.63) is 59.7 Å². The molecule has 1 amide bonds. The molecule has 114 valence electrons. The summed E-state index contributed by atoms with van der Waals surface area (Å²) in [4.78, 5) is 23.7. The monoisotopic (exact) mass is 338 g/mol. The number of hydrogen-bond acceptors (Lipinski definition) is 4. The van der Waals surface area contributed by atoms with Crippen molar-refractivity contribution in [3.8, 4) is 0 Å². The molecule has 1 atom stereocenters. The van der Waals surface area contributed by atoms with Crippen molar-refractivity contribution in [2.75, 3.05) is 17.7 Å². The zero-order chi connectivity index (χ0) is 14.8. The van der Waals surface area contributed by atoms with E-state index in [1.165, 1.54) is 7.11 Å². The van der Waals surface area contributed by atoms with E-state index in [1.807, 2.05) is 30.3 Å². The van der Waals surface area contributed by atoms with Gasteiger partial charge < -0.3 is 15.4 Å². The predicted octanol–water partition coefficient (Wildman–Crippen LogP) is 2.58. The average molecular weight is 338 g/mol. The third-order valence-corrected chi connectivity index (χ3v) is 3.39. The Labute approximate surface area is 138 Å². The van der Waals surface area contributed by atoms with E-state index in [-0.39, 0.29) is 23.0 Å². The summed E-state index contributed by atoms with van der Waals surface area (Å²) in [6, 6.07) is 14.1. The Kier molecular flexibility index (Phi) is 4.85. The number of esters is 1. The van der Waals surface area contributed by atoms with Crippen molar-refractivity contribution >= 4 is 23.3 Å². The molecule has 1 aliphatic heterocycles. The van der Waals surface area contributed by atoms with Crippen LogP contribution in [0.2, 0.25) is 0 Å². The fraction of sp³-hybridized carbons (Fsp3) is 0.125. The number of carbonyl (C=O) groups excluding carboxylic acids is 2. The van der Waals surface area contributed by atoms with E-state index in [1.54, 1.807) is 18.2 Å². The number of nitrogens with one attached hydrogen (secondary N) is 2. The number of hydrogen-bond donors (Lipinski definition) is 2. The smallest absolute Gasteiger partial charge is 0.337 e. The number of fused-ring (bicyclic) bond motifs is 1. The van der Waals surface area contributed by atoms with Crippen molar-refractivity contribution in [1.82, 2.24) is 0 Å². The van der Waals surface area contributed by atoms with Crippen molar-refractivity contribution in [3.63, 3.8) is 0 Å². The maximum Gasteiger partial charge on any atom is 0.337 e. The molecule has 0 aromatic heterocycles. The number of amides is 1. The molecule has 3 rings (SSSR count). The molecule has 1 heterocycles. The molecule has 0 aliphatic carbocycles. The van der Waals surface area contributed by atoms with E-state index in [4.69, 9.17) is 0 Å². The molecule has 1 unspecified atom stereocenters. The van der Waals surface area contributed by atoms with Crippen LogP contribution in [0.4, 0.5) is 11.4 Å². The van der Waals surface area contributed by atoms with Gasteiger partial charge >= 0.3 is 5.97 Å². The van der Waals surface area contributed by atoms with Crippen molar-refractivity contribution < 1.29 is 31.4 Å². The molecular formula is C16H14FeN2O3. The van der Waals surface area contributed by atoms with Crippen LogP contribution in [0, 0.1) is 0 Å². The fourth-order valence-corrected chi connectivity index (χ4v) is 2.32. The van der Waals surface area contributed by atoms with Crippen LogP contribution >= 0.6 is 0 Å². The summed E-state index contributed by atoms with van der Waals surface area (Å²) in [7, 11) is 1.32. The normalized spacial score (nSPS) is 15.7. The minimum absolute atomic E-state index is 0. The van der Waals surface area contributed by atoms with Gasteiger partial charge in [-0.3, -0.25) is 4.79 Å². The number of methoxy groups -OCH3 is 1. The van der Waals surface area contributed by atoms with Gasteiger partial charge in [-0.15, -0.1) is 0 Å². The van der Waals surface area contributed by atoms with Crippen LogP contribution in [0.3, 0.4) is 0 Å². The van der Waals surface area contributed by atoms with E-state index < -0.39 is 12.0 Å². The zero-order valence-electron chi connectivity index (χ0n) is 11.8. The second kappa shape index (κ2) is 6.64. The zero-order valence-corrected chi connectivity index (χ0v) is 12.9. The van der Waals surface area contributed by atoms with E-state index in [2.05, 4.69) is 15.4 Å². The Morgan fingerprint density at radius 1 is 1.09 bits per heavy atom. The van der Waals surface area contributed by atoms with Crippen LogP contribution in [-0.4, -0.2) is 19.0 Å². The first-order valence-corrected chi connectivity index (χ1v) is 6.54. The van der Waals surface area contributed by atoms with Gasteiger partial charge in [-0.1, -0.05) is 30.3 Å².